The van der Waals surface area contributed by atoms with Crippen LogP contribution >= 0.6 is 0 Å². The Balaban J connectivity index is 3.27. The zero-order valence-corrected chi connectivity index (χ0v) is 11.3. The molecule has 0 heterocycles. The van der Waals surface area contributed by atoms with Gasteiger partial charge >= 0.3 is 0 Å². The highest BCUT2D eigenvalue weighted by Gasteiger charge is 2.07. The molecular weight excluding hydrogens is 216 g/mol. The van der Waals surface area contributed by atoms with Gasteiger partial charge in [0.05, 0.1) is 0 Å². The summed E-state index contributed by atoms with van der Waals surface area (Å²) in [6.07, 6.45) is 5.51. The van der Waals surface area contributed by atoms with Gasteiger partial charge in [-0.25, -0.2) is 0 Å². The van der Waals surface area contributed by atoms with E-state index in [-0.39, 0.29) is 11.9 Å². The summed E-state index contributed by atoms with van der Waals surface area (Å²) in [6.45, 7) is 6.45. The molecule has 1 unspecified atom stereocenters. The van der Waals surface area contributed by atoms with Crippen LogP contribution in [0.4, 0.5) is 0 Å². The summed E-state index contributed by atoms with van der Waals surface area (Å²) < 4.78 is 5.40. The number of hydrogen-bond acceptors (Lipinski definition) is 3. The van der Waals surface area contributed by atoms with Crippen LogP contribution in [0.15, 0.2) is 0 Å². The largest absolute Gasteiger partial charge is 0.381 e. The van der Waals surface area contributed by atoms with E-state index in [2.05, 4.69) is 19.2 Å². The Morgan fingerprint density at radius 3 is 2.59 bits per heavy atom. The third-order valence-electron chi connectivity index (χ3n) is 2.54. The Bertz CT molecular complexity index is 186. The molecule has 0 aliphatic rings. The number of nitrogens with two attached hydrogens (primary N) is 1. The predicted molar refractivity (Wildman–Crippen MR) is 70.9 cm³/mol. The fourth-order valence-corrected chi connectivity index (χ4v) is 1.53. The van der Waals surface area contributed by atoms with Crippen molar-refractivity contribution in [2.75, 3.05) is 19.8 Å². The number of hydrogen-bond donors (Lipinski definition) is 2. The molecule has 0 aliphatic heterocycles. The van der Waals surface area contributed by atoms with Gasteiger partial charge in [0.2, 0.25) is 5.91 Å². The van der Waals surface area contributed by atoms with Crippen molar-refractivity contribution in [3.8, 4) is 0 Å². The van der Waals surface area contributed by atoms with Crippen molar-refractivity contribution in [3.63, 3.8) is 0 Å². The van der Waals surface area contributed by atoms with Crippen LogP contribution in [-0.2, 0) is 9.53 Å². The first kappa shape index (κ1) is 16.4. The summed E-state index contributed by atoms with van der Waals surface area (Å²) >= 11 is 0. The maximum atomic E-state index is 11.4. The molecule has 0 rings (SSSR count). The molecule has 0 fully saturated rings. The van der Waals surface area contributed by atoms with Crippen LogP contribution in [0.5, 0.6) is 0 Å². The number of unbranched alkanes of at least 4 members (excludes halogenated alkanes) is 1. The lowest BCUT2D eigenvalue weighted by Gasteiger charge is -2.10. The lowest BCUT2D eigenvalue weighted by atomic mass is 10.1. The molecule has 3 N–H and O–H groups in total. The summed E-state index contributed by atoms with van der Waals surface area (Å²) in [6, 6.07) is 0.000745. The van der Waals surface area contributed by atoms with Crippen LogP contribution in [0.25, 0.3) is 0 Å². The van der Waals surface area contributed by atoms with Crippen LogP contribution in [0, 0.1) is 0 Å². The molecule has 0 saturated heterocycles. The van der Waals surface area contributed by atoms with Crippen molar-refractivity contribution >= 4 is 5.91 Å². The normalized spacial score (nSPS) is 12.4. The average molecular weight is 244 g/mol. The minimum atomic E-state index is 0.000745. The van der Waals surface area contributed by atoms with E-state index in [1.54, 1.807) is 0 Å². The van der Waals surface area contributed by atoms with Gasteiger partial charge in [-0.3, -0.25) is 4.79 Å². The highest BCUT2D eigenvalue weighted by atomic mass is 16.5. The van der Waals surface area contributed by atoms with Crippen molar-refractivity contribution in [2.45, 2.75) is 58.4 Å². The summed E-state index contributed by atoms with van der Waals surface area (Å²) in [4.78, 5) is 11.4. The maximum absolute atomic E-state index is 11.4. The van der Waals surface area contributed by atoms with E-state index in [1.807, 2.05) is 0 Å². The van der Waals surface area contributed by atoms with Gasteiger partial charge in [0.25, 0.3) is 0 Å². The molecule has 0 spiro atoms. The van der Waals surface area contributed by atoms with Crippen LogP contribution in [-0.4, -0.2) is 31.7 Å². The third-order valence-corrected chi connectivity index (χ3v) is 2.54. The van der Waals surface area contributed by atoms with Crippen LogP contribution < -0.4 is 11.1 Å². The van der Waals surface area contributed by atoms with Gasteiger partial charge in [-0.1, -0.05) is 26.7 Å². The standard InChI is InChI=1S/C13H28N2O2/c1-3-5-9-17-10-6-8-15-13(16)11-12(14)7-4-2/h12H,3-11,14H2,1-2H3,(H,15,16). The lowest BCUT2D eigenvalue weighted by molar-refractivity contribution is -0.121. The average Bonchev–Trinajstić information content (AvgIpc) is 2.28. The fraction of sp³-hybridized carbons (Fsp3) is 0.923. The first-order chi connectivity index (χ1) is 8.20. The Kier molecular flexibility index (Phi) is 11.4. The minimum absolute atomic E-state index is 0.000745. The van der Waals surface area contributed by atoms with Crippen molar-refractivity contribution in [1.29, 1.82) is 0 Å². The van der Waals surface area contributed by atoms with Crippen molar-refractivity contribution in [2.24, 2.45) is 5.73 Å². The van der Waals surface area contributed by atoms with Crippen LogP contribution in [0.1, 0.15) is 52.4 Å². The quantitative estimate of drug-likeness (QED) is 0.545. The smallest absolute Gasteiger partial charge is 0.221 e. The lowest BCUT2D eigenvalue weighted by Crippen LogP contribution is -2.32. The Labute approximate surface area is 105 Å². The van der Waals surface area contributed by atoms with E-state index < -0.39 is 0 Å². The topological polar surface area (TPSA) is 64.3 Å². The van der Waals surface area contributed by atoms with Gasteiger partial charge in [0, 0.05) is 32.2 Å². The maximum Gasteiger partial charge on any atom is 0.221 e. The predicted octanol–water partition coefficient (Wildman–Crippen LogP) is 1.83. The molecule has 0 aromatic heterocycles. The van der Waals surface area contributed by atoms with Gasteiger partial charge in [0.15, 0.2) is 0 Å². The van der Waals surface area contributed by atoms with Gasteiger partial charge in [0.1, 0.15) is 0 Å². The molecule has 1 atom stereocenters. The fourth-order valence-electron chi connectivity index (χ4n) is 1.53. The molecule has 0 aliphatic carbocycles. The highest BCUT2D eigenvalue weighted by molar-refractivity contribution is 5.76. The highest BCUT2D eigenvalue weighted by Crippen LogP contribution is 1.97. The Morgan fingerprint density at radius 1 is 1.24 bits per heavy atom. The molecule has 0 aromatic carbocycles. The van der Waals surface area contributed by atoms with Crippen molar-refractivity contribution in [3.05, 3.63) is 0 Å². The number of carbonyl (C=O) groups excluding carboxylic acids is 1. The van der Waals surface area contributed by atoms with Crippen LogP contribution in [0.2, 0.25) is 0 Å². The molecule has 102 valence electrons. The number of ether oxygens (including phenoxy) is 1. The summed E-state index contributed by atoms with van der Waals surface area (Å²) in [5.41, 5.74) is 5.78. The first-order valence-electron chi connectivity index (χ1n) is 6.80. The SMILES string of the molecule is CCCCOCCCNC(=O)CC(N)CCC. The van der Waals surface area contributed by atoms with E-state index in [0.29, 0.717) is 13.0 Å². The second-order valence-corrected chi connectivity index (χ2v) is 4.42. The van der Waals surface area contributed by atoms with E-state index in [9.17, 15) is 4.79 Å². The zero-order valence-electron chi connectivity index (χ0n) is 11.3. The number of rotatable bonds is 11. The molecule has 0 saturated carbocycles. The van der Waals surface area contributed by atoms with Crippen molar-refractivity contribution < 1.29 is 9.53 Å². The molecule has 4 nitrogen and oxygen atoms in total. The number of nitrogens with one attached hydrogen (secondary N) is 1. The summed E-state index contributed by atoms with van der Waals surface area (Å²) in [7, 11) is 0. The minimum Gasteiger partial charge on any atom is -0.381 e. The Morgan fingerprint density at radius 2 is 1.94 bits per heavy atom. The molecule has 0 bridgehead atoms. The van der Waals surface area contributed by atoms with Crippen molar-refractivity contribution in [1.82, 2.24) is 5.32 Å². The molecule has 17 heavy (non-hydrogen) atoms. The van der Waals surface area contributed by atoms with Gasteiger partial charge < -0.3 is 15.8 Å². The van der Waals surface area contributed by atoms with E-state index in [1.165, 1.54) is 0 Å². The molecular formula is C13H28N2O2. The summed E-state index contributed by atoms with van der Waals surface area (Å²) in [5, 5.41) is 2.86. The second-order valence-electron chi connectivity index (χ2n) is 4.42. The van der Waals surface area contributed by atoms with Crippen LogP contribution in [0.3, 0.4) is 0 Å². The Hall–Kier alpha value is -0.610. The molecule has 0 radical (unpaired) electrons. The zero-order chi connectivity index (χ0) is 12.9. The van der Waals surface area contributed by atoms with Gasteiger partial charge in [-0.15, -0.1) is 0 Å². The number of amides is 1. The van der Waals surface area contributed by atoms with E-state index >= 15 is 0 Å². The second kappa shape index (κ2) is 11.9. The molecule has 0 aromatic rings. The molecule has 1 amide bonds. The van der Waals surface area contributed by atoms with E-state index in [0.717, 1.165) is 45.3 Å². The number of carbonyl (C=O) groups is 1. The van der Waals surface area contributed by atoms with Gasteiger partial charge in [-0.2, -0.15) is 0 Å². The summed E-state index contributed by atoms with van der Waals surface area (Å²) in [5.74, 6) is 0.0551. The van der Waals surface area contributed by atoms with Gasteiger partial charge in [-0.05, 0) is 19.3 Å². The molecule has 4 heteroatoms. The monoisotopic (exact) mass is 244 g/mol. The van der Waals surface area contributed by atoms with E-state index in [4.69, 9.17) is 10.5 Å². The third kappa shape index (κ3) is 11.6. The first-order valence-corrected chi connectivity index (χ1v) is 6.80.